The van der Waals surface area contributed by atoms with Crippen molar-refractivity contribution in [3.8, 4) is 0 Å². The molecule has 1 aromatic heterocycles. The van der Waals surface area contributed by atoms with Crippen LogP contribution >= 0.6 is 11.3 Å². The van der Waals surface area contributed by atoms with Gasteiger partial charge >= 0.3 is 0 Å². The van der Waals surface area contributed by atoms with E-state index in [0.29, 0.717) is 0 Å². The van der Waals surface area contributed by atoms with Crippen LogP contribution in [0.1, 0.15) is 47.2 Å². The zero-order chi connectivity index (χ0) is 11.8. The molecule has 17 heavy (non-hydrogen) atoms. The number of aromatic nitrogens is 1. The van der Waals surface area contributed by atoms with Crippen molar-refractivity contribution in [2.24, 2.45) is 0 Å². The van der Waals surface area contributed by atoms with E-state index >= 15 is 0 Å². The third-order valence-corrected chi connectivity index (χ3v) is 4.37. The van der Waals surface area contributed by atoms with Crippen LogP contribution in [0.5, 0.6) is 0 Å². The van der Waals surface area contributed by atoms with E-state index < -0.39 is 0 Å². The minimum Gasteiger partial charge on any atom is -0.309 e. The second-order valence-corrected chi connectivity index (χ2v) is 6.75. The van der Waals surface area contributed by atoms with Gasteiger partial charge in [-0.05, 0) is 39.8 Å². The molecule has 3 nitrogen and oxygen atoms in total. The van der Waals surface area contributed by atoms with Crippen LogP contribution in [-0.4, -0.2) is 30.0 Å². The van der Waals surface area contributed by atoms with E-state index in [2.05, 4.69) is 24.3 Å². The van der Waals surface area contributed by atoms with Crippen molar-refractivity contribution in [2.45, 2.75) is 50.7 Å². The highest BCUT2D eigenvalue weighted by Crippen LogP contribution is 2.42. The molecule has 2 saturated carbocycles. The molecule has 0 saturated heterocycles. The molecule has 3 rings (SSSR count). The number of rotatable bonds is 6. The fourth-order valence-electron chi connectivity index (χ4n) is 2.08. The topological polar surface area (TPSA) is 28.2 Å². The summed E-state index contributed by atoms with van der Waals surface area (Å²) in [6.45, 7) is 2.02. The Morgan fingerprint density at radius 1 is 1.29 bits per heavy atom. The molecule has 2 aliphatic carbocycles. The number of hydrogen-bond acceptors (Lipinski definition) is 4. The minimum absolute atomic E-state index is 0.776. The zero-order valence-electron chi connectivity index (χ0n) is 10.7. The summed E-state index contributed by atoms with van der Waals surface area (Å²) in [5.41, 5.74) is 1.40. The Bertz CT molecular complexity index is 391. The largest absolute Gasteiger partial charge is 0.309 e. The lowest BCUT2D eigenvalue weighted by Gasteiger charge is -2.04. The van der Waals surface area contributed by atoms with Gasteiger partial charge in [0.15, 0.2) is 0 Å². The summed E-state index contributed by atoms with van der Waals surface area (Å²) in [7, 11) is 4.22. The highest BCUT2D eigenvalue weighted by atomic mass is 32.1. The second kappa shape index (κ2) is 4.67. The molecule has 2 aliphatic rings. The van der Waals surface area contributed by atoms with E-state index in [9.17, 15) is 0 Å². The van der Waals surface area contributed by atoms with Crippen molar-refractivity contribution in [1.82, 2.24) is 15.2 Å². The van der Waals surface area contributed by atoms with E-state index in [1.54, 1.807) is 0 Å². The normalized spacial score (nSPS) is 20.2. The maximum absolute atomic E-state index is 4.85. The predicted octanol–water partition coefficient (Wildman–Crippen LogP) is 2.33. The number of nitrogens with zero attached hydrogens (tertiary/aromatic N) is 2. The summed E-state index contributed by atoms with van der Waals surface area (Å²) in [6, 6.07) is 0.793. The van der Waals surface area contributed by atoms with Gasteiger partial charge in [0, 0.05) is 29.9 Å². The predicted molar refractivity (Wildman–Crippen MR) is 71.3 cm³/mol. The average molecular weight is 251 g/mol. The molecule has 0 spiro atoms. The summed E-state index contributed by atoms with van der Waals surface area (Å²) < 4.78 is 0. The number of thiazole rings is 1. The van der Waals surface area contributed by atoms with E-state index in [4.69, 9.17) is 4.98 Å². The first-order chi connectivity index (χ1) is 8.22. The molecule has 1 aromatic rings. The Labute approximate surface area is 107 Å². The van der Waals surface area contributed by atoms with Crippen LogP contribution in [0, 0.1) is 0 Å². The van der Waals surface area contributed by atoms with Crippen molar-refractivity contribution in [2.75, 3.05) is 14.1 Å². The molecular formula is C13H21N3S. The highest BCUT2D eigenvalue weighted by Gasteiger charge is 2.30. The molecule has 1 heterocycles. The van der Waals surface area contributed by atoms with Crippen molar-refractivity contribution >= 4 is 11.3 Å². The van der Waals surface area contributed by atoms with Crippen molar-refractivity contribution in [3.05, 3.63) is 15.6 Å². The third-order valence-electron chi connectivity index (χ3n) is 3.32. The van der Waals surface area contributed by atoms with Crippen molar-refractivity contribution < 1.29 is 0 Å². The summed E-state index contributed by atoms with van der Waals surface area (Å²) in [5, 5.41) is 4.90. The first-order valence-corrected chi connectivity index (χ1v) is 7.40. The third kappa shape index (κ3) is 3.06. The van der Waals surface area contributed by atoms with Gasteiger partial charge in [0.05, 0.1) is 5.69 Å². The quantitative estimate of drug-likeness (QED) is 0.841. The molecule has 94 valence electrons. The Balaban J connectivity index is 1.70. The summed E-state index contributed by atoms with van der Waals surface area (Å²) in [4.78, 5) is 8.55. The Morgan fingerprint density at radius 2 is 2.06 bits per heavy atom. The van der Waals surface area contributed by atoms with E-state index in [0.717, 1.165) is 25.0 Å². The fraction of sp³-hybridized carbons (Fsp3) is 0.769. The molecule has 1 N–H and O–H groups in total. The van der Waals surface area contributed by atoms with Crippen LogP contribution in [0.4, 0.5) is 0 Å². The van der Waals surface area contributed by atoms with Gasteiger partial charge < -0.3 is 10.2 Å². The van der Waals surface area contributed by atoms with Crippen LogP contribution < -0.4 is 5.32 Å². The van der Waals surface area contributed by atoms with Crippen LogP contribution in [0.25, 0.3) is 0 Å². The summed E-state index contributed by atoms with van der Waals surface area (Å²) in [5.74, 6) is 0.776. The van der Waals surface area contributed by atoms with Crippen LogP contribution in [0.15, 0.2) is 0 Å². The molecule has 0 atom stereocenters. The molecule has 4 heteroatoms. The second-order valence-electron chi connectivity index (χ2n) is 5.58. The van der Waals surface area contributed by atoms with Gasteiger partial charge in [-0.25, -0.2) is 4.98 Å². The lowest BCUT2D eigenvalue weighted by atomic mass is 10.2. The molecule has 2 fully saturated rings. The van der Waals surface area contributed by atoms with Gasteiger partial charge in [0.25, 0.3) is 0 Å². The molecule has 0 radical (unpaired) electrons. The Hall–Kier alpha value is -0.450. The molecule has 0 bridgehead atoms. The van der Waals surface area contributed by atoms with Gasteiger partial charge in [-0.3, -0.25) is 0 Å². The molecular weight excluding hydrogens is 230 g/mol. The van der Waals surface area contributed by atoms with Crippen LogP contribution in [-0.2, 0) is 13.1 Å². The fourth-order valence-corrected chi connectivity index (χ4v) is 3.30. The van der Waals surface area contributed by atoms with Crippen molar-refractivity contribution in [1.29, 1.82) is 0 Å². The van der Waals surface area contributed by atoms with Crippen molar-refractivity contribution in [3.63, 3.8) is 0 Å². The maximum atomic E-state index is 4.85. The van der Waals surface area contributed by atoms with E-state index in [1.807, 2.05) is 11.3 Å². The van der Waals surface area contributed by atoms with E-state index in [-0.39, 0.29) is 0 Å². The van der Waals surface area contributed by atoms with Gasteiger partial charge in [-0.15, -0.1) is 11.3 Å². The first-order valence-electron chi connectivity index (χ1n) is 6.59. The summed E-state index contributed by atoms with van der Waals surface area (Å²) in [6.07, 6.45) is 5.42. The highest BCUT2D eigenvalue weighted by molar-refractivity contribution is 7.11. The monoisotopic (exact) mass is 251 g/mol. The molecule has 0 aromatic carbocycles. The molecule has 0 unspecified atom stereocenters. The molecule has 0 amide bonds. The number of nitrogens with one attached hydrogen (secondary N) is 1. The SMILES string of the molecule is CN(C)Cc1nc(C2CC2)c(CNC2CC2)s1. The first kappa shape index (κ1) is 11.6. The lowest BCUT2D eigenvalue weighted by Crippen LogP contribution is -2.15. The Kier molecular flexibility index (Phi) is 3.19. The average Bonchev–Trinajstić information content (AvgIpc) is 3.15. The van der Waals surface area contributed by atoms with Gasteiger partial charge in [0.1, 0.15) is 5.01 Å². The molecule has 0 aliphatic heterocycles. The summed E-state index contributed by atoms with van der Waals surface area (Å²) >= 11 is 1.91. The van der Waals surface area contributed by atoms with Gasteiger partial charge in [0.2, 0.25) is 0 Å². The minimum atomic E-state index is 0.776. The standard InChI is InChI=1S/C13H21N3S/c1-16(2)8-12-15-13(9-3-4-9)11(17-12)7-14-10-5-6-10/h9-10,14H,3-8H2,1-2H3. The van der Waals surface area contributed by atoms with E-state index in [1.165, 1.54) is 41.3 Å². The van der Waals surface area contributed by atoms with Crippen LogP contribution in [0.2, 0.25) is 0 Å². The number of hydrogen-bond donors (Lipinski definition) is 1. The maximum Gasteiger partial charge on any atom is 0.107 e. The van der Waals surface area contributed by atoms with Crippen LogP contribution in [0.3, 0.4) is 0 Å². The zero-order valence-corrected chi connectivity index (χ0v) is 11.5. The van der Waals surface area contributed by atoms with Gasteiger partial charge in [-0.2, -0.15) is 0 Å². The Morgan fingerprint density at radius 3 is 2.65 bits per heavy atom. The smallest absolute Gasteiger partial charge is 0.107 e. The lowest BCUT2D eigenvalue weighted by molar-refractivity contribution is 0.401. The van der Waals surface area contributed by atoms with Gasteiger partial charge in [-0.1, -0.05) is 0 Å².